The molecule has 0 amide bonds. The summed E-state index contributed by atoms with van der Waals surface area (Å²) < 4.78 is 17.4. The molecule has 1 N–H and O–H groups in total. The Morgan fingerprint density at radius 1 is 1.19 bits per heavy atom. The van der Waals surface area contributed by atoms with Gasteiger partial charge in [-0.15, -0.1) is 0 Å². The Labute approximate surface area is 215 Å². The van der Waals surface area contributed by atoms with Crippen LogP contribution in [0.4, 0.5) is 0 Å². The molecule has 6 heteroatoms. The van der Waals surface area contributed by atoms with Crippen LogP contribution in [0.25, 0.3) is 6.08 Å². The van der Waals surface area contributed by atoms with E-state index in [0.717, 1.165) is 31.1 Å². The summed E-state index contributed by atoms with van der Waals surface area (Å²) in [4.78, 5) is 25.2. The maximum atomic E-state index is 13.0. The normalized spacial score (nSPS) is 40.6. The summed E-state index contributed by atoms with van der Waals surface area (Å²) in [5.74, 6) is -0.252. The van der Waals surface area contributed by atoms with Crippen molar-refractivity contribution in [3.8, 4) is 0 Å². The Bertz CT molecular complexity index is 931. The highest BCUT2D eigenvalue weighted by atomic mass is 16.7. The minimum absolute atomic E-state index is 0.134. The molecule has 3 aliphatic rings. The lowest BCUT2D eigenvalue weighted by molar-refractivity contribution is -0.222. The number of fused-ring (bicyclic) bond motifs is 1. The van der Waals surface area contributed by atoms with E-state index in [1.165, 1.54) is 6.08 Å². The Morgan fingerprint density at radius 2 is 1.94 bits per heavy atom. The number of carbonyl (C=O) groups excluding carboxylic acids is 2. The molecule has 2 aliphatic carbocycles. The molecule has 3 fully saturated rings. The number of esters is 1. The van der Waals surface area contributed by atoms with E-state index in [2.05, 4.69) is 13.8 Å². The average Bonchev–Trinajstić information content (AvgIpc) is 3.34. The number of hydrogen-bond acceptors (Lipinski definition) is 6. The number of aldehydes is 1. The number of aliphatic hydroxyl groups excluding tert-OH is 1. The second-order valence-electron chi connectivity index (χ2n) is 11.6. The van der Waals surface area contributed by atoms with Crippen LogP contribution in [-0.4, -0.2) is 49.6 Å². The molecule has 0 aromatic heterocycles. The number of methoxy groups -OCH3 is 1. The minimum atomic E-state index is -0.651. The smallest absolute Gasteiger partial charge is 0.331 e. The summed E-state index contributed by atoms with van der Waals surface area (Å²) in [7, 11) is 1.69. The molecule has 0 spiro atoms. The largest absolute Gasteiger partial charge is 0.459 e. The van der Waals surface area contributed by atoms with E-state index in [9.17, 15) is 14.7 Å². The van der Waals surface area contributed by atoms with E-state index in [-0.39, 0.29) is 41.5 Å². The van der Waals surface area contributed by atoms with Gasteiger partial charge in [0.05, 0.1) is 12.7 Å². The van der Waals surface area contributed by atoms with Gasteiger partial charge in [-0.05, 0) is 61.5 Å². The zero-order chi connectivity index (χ0) is 25.9. The third-order valence-corrected chi connectivity index (χ3v) is 9.82. The van der Waals surface area contributed by atoms with Gasteiger partial charge >= 0.3 is 5.97 Å². The zero-order valence-corrected chi connectivity index (χ0v) is 22.1. The molecular formula is C30H42O6. The van der Waals surface area contributed by atoms with Gasteiger partial charge in [0.1, 0.15) is 12.4 Å². The molecule has 9 atom stereocenters. The van der Waals surface area contributed by atoms with E-state index < -0.39 is 11.5 Å². The summed E-state index contributed by atoms with van der Waals surface area (Å²) >= 11 is 0. The van der Waals surface area contributed by atoms with Crippen molar-refractivity contribution >= 4 is 18.3 Å². The molecule has 0 bridgehead atoms. The first-order valence-electron chi connectivity index (χ1n) is 13.5. The van der Waals surface area contributed by atoms with Crippen LogP contribution in [0.15, 0.2) is 36.4 Å². The third kappa shape index (κ3) is 5.05. The average molecular weight is 499 g/mol. The fraction of sp³-hybridized carbons (Fsp3) is 0.667. The van der Waals surface area contributed by atoms with Gasteiger partial charge in [0.2, 0.25) is 0 Å². The van der Waals surface area contributed by atoms with Gasteiger partial charge in [0, 0.05) is 36.4 Å². The highest BCUT2D eigenvalue weighted by Gasteiger charge is 2.63. The van der Waals surface area contributed by atoms with E-state index in [1.54, 1.807) is 13.2 Å². The molecule has 1 heterocycles. The first-order chi connectivity index (χ1) is 17.2. The molecule has 1 saturated heterocycles. The monoisotopic (exact) mass is 498 g/mol. The van der Waals surface area contributed by atoms with Gasteiger partial charge in [0.25, 0.3) is 0 Å². The Balaban J connectivity index is 1.61. The Hall–Kier alpha value is -2.02. The molecule has 4 rings (SSSR count). The van der Waals surface area contributed by atoms with Crippen LogP contribution < -0.4 is 0 Å². The van der Waals surface area contributed by atoms with E-state index in [4.69, 9.17) is 14.2 Å². The predicted molar refractivity (Wildman–Crippen MR) is 138 cm³/mol. The minimum Gasteiger partial charge on any atom is -0.459 e. The molecule has 0 unspecified atom stereocenters. The fourth-order valence-corrected chi connectivity index (χ4v) is 7.51. The van der Waals surface area contributed by atoms with E-state index in [0.29, 0.717) is 31.8 Å². The van der Waals surface area contributed by atoms with Crippen molar-refractivity contribution in [3.63, 3.8) is 0 Å². The quantitative estimate of drug-likeness (QED) is 0.307. The number of rotatable bonds is 8. The molecule has 198 valence electrons. The van der Waals surface area contributed by atoms with Crippen LogP contribution in [0.1, 0.15) is 64.9 Å². The van der Waals surface area contributed by atoms with Gasteiger partial charge < -0.3 is 24.1 Å². The zero-order valence-electron chi connectivity index (χ0n) is 22.1. The first kappa shape index (κ1) is 27.0. The lowest BCUT2D eigenvalue weighted by atomic mass is 9.43. The first-order valence-corrected chi connectivity index (χ1v) is 13.5. The Morgan fingerprint density at radius 3 is 2.64 bits per heavy atom. The van der Waals surface area contributed by atoms with Crippen LogP contribution in [0.3, 0.4) is 0 Å². The standard InChI is InChI=1S/C30H42O6/c1-20-18-25(32)30(3)23(19-31)11-12-24(36-26(33)13-10-21-8-6-5-7-9-21)27(30)29(20,2)16-14-22-15-17-35-28(22)34-4/h5-10,13,19-20,22-25,27-28,32H,11-12,14-18H2,1-4H3/b13-10-/t20-,22+,23+,24-,25+,27-,28+,29+,30-/m1/s1. The van der Waals surface area contributed by atoms with Gasteiger partial charge in [-0.25, -0.2) is 4.79 Å². The van der Waals surface area contributed by atoms with Crippen LogP contribution in [0.2, 0.25) is 0 Å². The Kier molecular flexibility index (Phi) is 8.38. The van der Waals surface area contributed by atoms with E-state index >= 15 is 0 Å². The van der Waals surface area contributed by atoms with Gasteiger partial charge in [-0.1, -0.05) is 51.1 Å². The fourth-order valence-electron chi connectivity index (χ4n) is 7.51. The third-order valence-electron chi connectivity index (χ3n) is 9.82. The number of aliphatic hydroxyl groups is 1. The van der Waals surface area contributed by atoms with Crippen LogP contribution in [0.5, 0.6) is 0 Å². The lowest BCUT2D eigenvalue weighted by Gasteiger charge is -2.63. The highest BCUT2D eigenvalue weighted by Crippen LogP contribution is 2.63. The lowest BCUT2D eigenvalue weighted by Crippen LogP contribution is -2.64. The van der Waals surface area contributed by atoms with Crippen molar-refractivity contribution < 1.29 is 28.9 Å². The van der Waals surface area contributed by atoms with Gasteiger partial charge in [-0.3, -0.25) is 0 Å². The summed E-state index contributed by atoms with van der Waals surface area (Å²) in [6.45, 7) is 7.22. The van der Waals surface area contributed by atoms with E-state index in [1.807, 2.05) is 37.3 Å². The summed E-state index contributed by atoms with van der Waals surface area (Å²) in [6.07, 6.45) is 7.77. The predicted octanol–water partition coefficient (Wildman–Crippen LogP) is 5.04. The summed E-state index contributed by atoms with van der Waals surface area (Å²) in [5.41, 5.74) is 0.0642. The van der Waals surface area contributed by atoms with Crippen LogP contribution in [0, 0.1) is 34.5 Å². The molecule has 0 radical (unpaired) electrons. The second-order valence-corrected chi connectivity index (χ2v) is 11.6. The maximum absolute atomic E-state index is 13.0. The topological polar surface area (TPSA) is 82.1 Å². The SMILES string of the molecule is CO[C@H]1OCC[C@@H]1CC[C@@]1(C)[C@H](C)C[C@H](O)[C@@]2(C)[C@H](C=O)CC[C@@H](OC(=O)/C=C\c3ccccc3)[C@H]12. The number of carbonyl (C=O) groups is 2. The van der Waals surface area contributed by atoms with Crippen molar-refractivity contribution in [2.45, 2.75) is 77.8 Å². The van der Waals surface area contributed by atoms with Crippen molar-refractivity contribution in [1.29, 1.82) is 0 Å². The van der Waals surface area contributed by atoms with Crippen molar-refractivity contribution in [2.24, 2.45) is 34.5 Å². The molecule has 36 heavy (non-hydrogen) atoms. The number of hydrogen-bond donors (Lipinski definition) is 1. The van der Waals surface area contributed by atoms with Crippen LogP contribution in [-0.2, 0) is 23.8 Å². The summed E-state index contributed by atoms with van der Waals surface area (Å²) in [5, 5.41) is 11.4. The van der Waals surface area contributed by atoms with Crippen molar-refractivity contribution in [1.82, 2.24) is 0 Å². The highest BCUT2D eigenvalue weighted by molar-refractivity contribution is 5.87. The van der Waals surface area contributed by atoms with Crippen molar-refractivity contribution in [2.75, 3.05) is 13.7 Å². The molecule has 2 saturated carbocycles. The molecule has 1 aromatic carbocycles. The number of benzene rings is 1. The van der Waals surface area contributed by atoms with Crippen LogP contribution >= 0.6 is 0 Å². The van der Waals surface area contributed by atoms with Crippen molar-refractivity contribution in [3.05, 3.63) is 42.0 Å². The van der Waals surface area contributed by atoms with Gasteiger partial charge in [0.15, 0.2) is 6.29 Å². The maximum Gasteiger partial charge on any atom is 0.331 e. The molecule has 1 aliphatic heterocycles. The van der Waals surface area contributed by atoms with Gasteiger partial charge in [-0.2, -0.15) is 0 Å². The second kappa shape index (κ2) is 11.2. The molecule has 6 nitrogen and oxygen atoms in total. The molecule has 1 aromatic rings. The molecular weight excluding hydrogens is 456 g/mol. The number of ether oxygens (including phenoxy) is 3. The summed E-state index contributed by atoms with van der Waals surface area (Å²) in [6, 6.07) is 9.66.